The van der Waals surface area contributed by atoms with Gasteiger partial charge in [-0.1, -0.05) is 18.6 Å². The van der Waals surface area contributed by atoms with Gasteiger partial charge in [0.25, 0.3) is 0 Å². The minimum atomic E-state index is -4.38. The van der Waals surface area contributed by atoms with Crippen molar-refractivity contribution in [3.63, 3.8) is 0 Å². The van der Waals surface area contributed by atoms with Crippen LogP contribution >= 0.6 is 11.3 Å². The number of alkyl halides is 3. The second kappa shape index (κ2) is 7.06. The zero-order valence-electron chi connectivity index (χ0n) is 13.0. The summed E-state index contributed by atoms with van der Waals surface area (Å²) in [6.07, 6.45) is -1.55. The normalized spacial score (nSPS) is 19.5. The van der Waals surface area contributed by atoms with Crippen LogP contribution in [0.3, 0.4) is 0 Å². The van der Waals surface area contributed by atoms with Gasteiger partial charge in [0.15, 0.2) is 0 Å². The average molecular weight is 357 g/mol. The van der Waals surface area contributed by atoms with E-state index in [1.54, 1.807) is 11.3 Å². The van der Waals surface area contributed by atoms with Crippen LogP contribution in [0.25, 0.3) is 10.2 Å². The maximum Gasteiger partial charge on any atom is 0.405 e. The lowest BCUT2D eigenvalue weighted by Gasteiger charge is -2.33. The predicted octanol–water partition coefficient (Wildman–Crippen LogP) is 3.50. The van der Waals surface area contributed by atoms with E-state index < -0.39 is 18.6 Å². The highest BCUT2D eigenvalue weighted by Crippen LogP contribution is 2.35. The largest absolute Gasteiger partial charge is 0.405 e. The van der Waals surface area contributed by atoms with Crippen molar-refractivity contribution in [2.24, 2.45) is 0 Å². The second-order valence-corrected chi connectivity index (χ2v) is 6.96. The molecule has 1 saturated heterocycles. The molecule has 8 heteroatoms. The number of hydrogen-bond acceptors (Lipinski definition) is 4. The monoisotopic (exact) mass is 357 g/mol. The number of carbonyl (C=O) groups is 1. The van der Waals surface area contributed by atoms with Crippen molar-refractivity contribution >= 4 is 27.5 Å². The number of thiazole rings is 1. The van der Waals surface area contributed by atoms with Crippen LogP contribution in [-0.2, 0) is 4.79 Å². The van der Waals surface area contributed by atoms with E-state index in [2.05, 4.69) is 4.98 Å². The number of halogens is 3. The minimum absolute atomic E-state index is 0.00668. The van der Waals surface area contributed by atoms with Crippen molar-refractivity contribution in [1.29, 1.82) is 0 Å². The third-order valence-corrected chi connectivity index (χ3v) is 5.18. The lowest BCUT2D eigenvalue weighted by molar-refractivity contribution is -0.139. The number of aromatic nitrogens is 1. The number of piperidine rings is 1. The Bertz CT molecular complexity index is 683. The Labute approximate surface area is 141 Å². The van der Waals surface area contributed by atoms with Gasteiger partial charge in [-0.05, 0) is 31.5 Å². The Balaban J connectivity index is 1.70. The third-order valence-electron chi connectivity index (χ3n) is 4.04. The van der Waals surface area contributed by atoms with Crippen molar-refractivity contribution in [2.45, 2.75) is 31.5 Å². The summed E-state index contributed by atoms with van der Waals surface area (Å²) in [5, 5.41) is 2.88. The van der Waals surface area contributed by atoms with Crippen molar-refractivity contribution in [3.05, 3.63) is 29.3 Å². The highest BCUT2D eigenvalue weighted by Gasteiger charge is 2.31. The molecule has 2 heterocycles. The number of likely N-dealkylation sites (tertiary alicyclic amines) is 1. The fraction of sp³-hybridized carbons (Fsp3) is 0.500. The standard InChI is InChI=1S/C16H18F3N3OS/c17-16(18,19)10-20-14(23)9-22-8-4-3-6-12(22)15-21-11-5-1-2-7-13(11)24-15/h1-2,5,7,12H,3-4,6,8-10H2,(H,20,23)/t12-/m0/s1. The molecule has 0 aliphatic carbocycles. The zero-order chi connectivity index (χ0) is 17.2. The van der Waals surface area contributed by atoms with Crippen molar-refractivity contribution in [2.75, 3.05) is 19.6 Å². The Kier molecular flexibility index (Phi) is 5.05. The molecule has 0 radical (unpaired) electrons. The molecule has 1 aliphatic heterocycles. The molecule has 1 aromatic heterocycles. The first-order valence-corrected chi connectivity index (χ1v) is 8.67. The van der Waals surface area contributed by atoms with E-state index >= 15 is 0 Å². The van der Waals surface area contributed by atoms with Crippen molar-refractivity contribution < 1.29 is 18.0 Å². The quantitative estimate of drug-likeness (QED) is 0.911. The number of rotatable bonds is 4. The maximum absolute atomic E-state index is 12.2. The molecule has 0 spiro atoms. The summed E-state index contributed by atoms with van der Waals surface area (Å²) in [5.74, 6) is -0.597. The van der Waals surface area contributed by atoms with E-state index in [9.17, 15) is 18.0 Å². The first-order valence-electron chi connectivity index (χ1n) is 7.85. The summed E-state index contributed by atoms with van der Waals surface area (Å²) >= 11 is 1.59. The molecule has 4 nitrogen and oxygen atoms in total. The van der Waals surface area contributed by atoms with Crippen LogP contribution in [0.5, 0.6) is 0 Å². The summed E-state index contributed by atoms with van der Waals surface area (Å²) in [6.45, 7) is -0.623. The highest BCUT2D eigenvalue weighted by molar-refractivity contribution is 7.18. The molecule has 2 aromatic rings. The molecule has 1 N–H and O–H groups in total. The predicted molar refractivity (Wildman–Crippen MR) is 86.8 cm³/mol. The van der Waals surface area contributed by atoms with Gasteiger partial charge in [-0.25, -0.2) is 4.98 Å². The van der Waals surface area contributed by atoms with Crippen LogP contribution in [0, 0.1) is 0 Å². The number of fused-ring (bicyclic) bond motifs is 1. The van der Waals surface area contributed by atoms with Gasteiger partial charge >= 0.3 is 6.18 Å². The lowest BCUT2D eigenvalue weighted by atomic mass is 10.0. The van der Waals surface area contributed by atoms with E-state index in [1.807, 2.05) is 34.5 Å². The van der Waals surface area contributed by atoms with Crippen LogP contribution in [-0.4, -0.2) is 41.6 Å². The molecule has 24 heavy (non-hydrogen) atoms. The van der Waals surface area contributed by atoms with Gasteiger partial charge in [0.2, 0.25) is 5.91 Å². The molecule has 1 aliphatic rings. The van der Waals surface area contributed by atoms with Gasteiger partial charge in [0, 0.05) is 0 Å². The van der Waals surface area contributed by atoms with Gasteiger partial charge in [-0.15, -0.1) is 11.3 Å². The van der Waals surface area contributed by atoms with E-state index in [-0.39, 0.29) is 12.6 Å². The fourth-order valence-electron chi connectivity index (χ4n) is 2.93. The molecule has 1 amide bonds. The summed E-state index contributed by atoms with van der Waals surface area (Å²) in [4.78, 5) is 18.4. The molecule has 1 atom stereocenters. The molecule has 0 unspecified atom stereocenters. The maximum atomic E-state index is 12.2. The van der Waals surface area contributed by atoms with Crippen LogP contribution < -0.4 is 5.32 Å². The molecule has 1 fully saturated rings. The Morgan fingerprint density at radius 3 is 2.88 bits per heavy atom. The summed E-state index contributed by atoms with van der Waals surface area (Å²) in [6, 6.07) is 7.81. The molecular weight excluding hydrogens is 339 g/mol. The SMILES string of the molecule is O=C(CN1CCCC[C@H]1c1nc2ccccc2s1)NCC(F)(F)F. The van der Waals surface area contributed by atoms with Gasteiger partial charge in [0.05, 0.1) is 22.8 Å². The fourth-order valence-corrected chi connectivity index (χ4v) is 4.07. The van der Waals surface area contributed by atoms with E-state index in [0.717, 1.165) is 34.5 Å². The summed E-state index contributed by atoms with van der Waals surface area (Å²) in [5.41, 5.74) is 0.921. The number of hydrogen-bond donors (Lipinski definition) is 1. The van der Waals surface area contributed by atoms with Crippen molar-refractivity contribution in [3.8, 4) is 0 Å². The van der Waals surface area contributed by atoms with Crippen LogP contribution in [0.2, 0.25) is 0 Å². The summed E-state index contributed by atoms with van der Waals surface area (Å²) < 4.78 is 37.7. The van der Waals surface area contributed by atoms with E-state index in [1.165, 1.54) is 0 Å². The lowest BCUT2D eigenvalue weighted by Crippen LogP contribution is -2.43. The Hall–Kier alpha value is -1.67. The number of carbonyl (C=O) groups excluding carboxylic acids is 1. The topological polar surface area (TPSA) is 45.2 Å². The van der Waals surface area contributed by atoms with Crippen LogP contribution in [0.1, 0.15) is 30.3 Å². The molecule has 1 aromatic carbocycles. The first kappa shape index (κ1) is 17.2. The van der Waals surface area contributed by atoms with Gasteiger partial charge in [-0.2, -0.15) is 13.2 Å². The number of para-hydroxylation sites is 1. The molecular formula is C16H18F3N3OS. The van der Waals surface area contributed by atoms with Crippen molar-refractivity contribution in [1.82, 2.24) is 15.2 Å². The number of nitrogens with zero attached hydrogens (tertiary/aromatic N) is 2. The Morgan fingerprint density at radius 1 is 1.33 bits per heavy atom. The van der Waals surface area contributed by atoms with Crippen LogP contribution in [0.15, 0.2) is 24.3 Å². The van der Waals surface area contributed by atoms with E-state index in [4.69, 9.17) is 0 Å². The molecule has 0 bridgehead atoms. The zero-order valence-corrected chi connectivity index (χ0v) is 13.8. The van der Waals surface area contributed by atoms with Gasteiger partial charge in [-0.3, -0.25) is 9.69 Å². The molecule has 0 saturated carbocycles. The minimum Gasteiger partial charge on any atom is -0.346 e. The Morgan fingerprint density at radius 2 is 2.12 bits per heavy atom. The number of amides is 1. The number of benzene rings is 1. The molecule has 130 valence electrons. The van der Waals surface area contributed by atoms with E-state index in [0.29, 0.717) is 6.54 Å². The number of nitrogens with one attached hydrogen (secondary N) is 1. The summed E-state index contributed by atoms with van der Waals surface area (Å²) in [7, 11) is 0. The average Bonchev–Trinajstić information content (AvgIpc) is 2.96. The third kappa shape index (κ3) is 4.24. The molecule has 3 rings (SSSR count). The smallest absolute Gasteiger partial charge is 0.346 e. The van der Waals surface area contributed by atoms with Crippen LogP contribution in [0.4, 0.5) is 13.2 Å². The first-order chi connectivity index (χ1) is 11.4. The van der Waals surface area contributed by atoms with Gasteiger partial charge in [0.1, 0.15) is 11.6 Å². The highest BCUT2D eigenvalue weighted by atomic mass is 32.1. The second-order valence-electron chi connectivity index (χ2n) is 5.89. The van der Waals surface area contributed by atoms with Gasteiger partial charge < -0.3 is 5.32 Å².